The third kappa shape index (κ3) is 5.65. The summed E-state index contributed by atoms with van der Waals surface area (Å²) in [6.45, 7) is 1.86. The van der Waals surface area contributed by atoms with Crippen LogP contribution in [0.2, 0.25) is 0 Å². The number of aromatic nitrogens is 1. The Kier molecular flexibility index (Phi) is 6.55. The average Bonchev–Trinajstić information content (AvgIpc) is 2.54. The van der Waals surface area contributed by atoms with Crippen molar-refractivity contribution in [1.29, 1.82) is 0 Å². The van der Waals surface area contributed by atoms with Gasteiger partial charge in [0.15, 0.2) is 0 Å². The van der Waals surface area contributed by atoms with Gasteiger partial charge in [0.1, 0.15) is 0 Å². The maximum Gasteiger partial charge on any atom is 0.257 e. The van der Waals surface area contributed by atoms with Crippen LogP contribution in [0.15, 0.2) is 47.2 Å². The smallest absolute Gasteiger partial charge is 0.257 e. The fraction of sp³-hybridized carbons (Fsp3) is 0.294. The van der Waals surface area contributed by atoms with Crippen LogP contribution in [-0.2, 0) is 0 Å². The molecular formula is C17H21BrN4O. The highest BCUT2D eigenvalue weighted by molar-refractivity contribution is 9.10. The molecular weight excluding hydrogens is 356 g/mol. The third-order valence-corrected chi connectivity index (χ3v) is 3.93. The Labute approximate surface area is 145 Å². The third-order valence-electron chi connectivity index (χ3n) is 3.23. The first-order valence-corrected chi connectivity index (χ1v) is 8.25. The summed E-state index contributed by atoms with van der Waals surface area (Å²) >= 11 is 3.42. The first-order valence-electron chi connectivity index (χ1n) is 7.46. The summed E-state index contributed by atoms with van der Waals surface area (Å²) in [4.78, 5) is 18.6. The second-order valence-corrected chi connectivity index (χ2v) is 6.33. The first kappa shape index (κ1) is 17.4. The number of carbonyl (C=O) groups is 1. The summed E-state index contributed by atoms with van der Waals surface area (Å²) in [6.07, 6.45) is 4.32. The van der Waals surface area contributed by atoms with Crippen molar-refractivity contribution in [3.8, 4) is 0 Å². The van der Waals surface area contributed by atoms with E-state index in [4.69, 9.17) is 0 Å². The van der Waals surface area contributed by atoms with Gasteiger partial charge in [-0.1, -0.05) is 12.1 Å². The van der Waals surface area contributed by atoms with Gasteiger partial charge in [0.05, 0.1) is 16.9 Å². The Hall–Kier alpha value is -1.92. The molecule has 0 saturated carbocycles. The monoisotopic (exact) mass is 376 g/mol. The molecule has 1 heterocycles. The quantitative estimate of drug-likeness (QED) is 0.726. The molecule has 5 nitrogen and oxygen atoms in total. The van der Waals surface area contributed by atoms with Gasteiger partial charge in [0, 0.05) is 23.4 Å². The molecule has 2 rings (SSSR count). The number of hydrogen-bond acceptors (Lipinski definition) is 4. The minimum absolute atomic E-state index is 0.179. The highest BCUT2D eigenvalue weighted by atomic mass is 79.9. The van der Waals surface area contributed by atoms with E-state index < -0.39 is 0 Å². The lowest BCUT2D eigenvalue weighted by atomic mass is 10.2. The molecule has 0 bridgehead atoms. The van der Waals surface area contributed by atoms with Crippen molar-refractivity contribution in [1.82, 2.24) is 9.88 Å². The molecule has 1 aromatic carbocycles. The number of rotatable bonds is 7. The SMILES string of the molecule is CN(C)CCCNc1cncc(C(=O)Nc2ccccc2Br)c1. The van der Waals surface area contributed by atoms with E-state index in [-0.39, 0.29) is 5.91 Å². The van der Waals surface area contributed by atoms with Crippen LogP contribution >= 0.6 is 15.9 Å². The molecule has 0 aliphatic heterocycles. The van der Waals surface area contributed by atoms with Crippen molar-refractivity contribution < 1.29 is 4.79 Å². The largest absolute Gasteiger partial charge is 0.384 e. The zero-order valence-corrected chi connectivity index (χ0v) is 14.9. The van der Waals surface area contributed by atoms with Gasteiger partial charge in [-0.15, -0.1) is 0 Å². The summed E-state index contributed by atoms with van der Waals surface area (Å²) in [5, 5.41) is 6.17. The van der Waals surface area contributed by atoms with E-state index in [2.05, 4.69) is 36.4 Å². The number of nitrogens with zero attached hydrogens (tertiary/aromatic N) is 2. The second-order valence-electron chi connectivity index (χ2n) is 5.48. The van der Waals surface area contributed by atoms with E-state index in [0.717, 1.165) is 35.4 Å². The van der Waals surface area contributed by atoms with Gasteiger partial charge in [-0.05, 0) is 61.2 Å². The predicted molar refractivity (Wildman–Crippen MR) is 98.0 cm³/mol. The molecule has 2 aromatic rings. The number of pyridine rings is 1. The van der Waals surface area contributed by atoms with E-state index in [1.165, 1.54) is 0 Å². The number of nitrogens with one attached hydrogen (secondary N) is 2. The summed E-state index contributed by atoms with van der Waals surface area (Å²) < 4.78 is 0.847. The molecule has 0 aliphatic carbocycles. The Morgan fingerprint density at radius 1 is 1.26 bits per heavy atom. The zero-order chi connectivity index (χ0) is 16.7. The molecule has 2 N–H and O–H groups in total. The molecule has 0 unspecified atom stereocenters. The molecule has 122 valence electrons. The van der Waals surface area contributed by atoms with Crippen LogP contribution in [0.5, 0.6) is 0 Å². The van der Waals surface area contributed by atoms with Crippen LogP contribution in [0.4, 0.5) is 11.4 Å². The lowest BCUT2D eigenvalue weighted by Gasteiger charge is -2.11. The fourth-order valence-electron chi connectivity index (χ4n) is 2.05. The maximum atomic E-state index is 12.3. The van der Waals surface area contributed by atoms with E-state index in [1.807, 2.05) is 44.4 Å². The molecule has 1 amide bonds. The van der Waals surface area contributed by atoms with Crippen molar-refractivity contribution >= 4 is 33.2 Å². The van der Waals surface area contributed by atoms with Crippen LogP contribution in [0.1, 0.15) is 16.8 Å². The van der Waals surface area contributed by atoms with E-state index in [0.29, 0.717) is 5.56 Å². The van der Waals surface area contributed by atoms with Gasteiger partial charge in [-0.2, -0.15) is 0 Å². The predicted octanol–water partition coefficient (Wildman–Crippen LogP) is 3.46. The molecule has 0 saturated heterocycles. The molecule has 1 aromatic heterocycles. The zero-order valence-electron chi connectivity index (χ0n) is 13.3. The number of benzene rings is 1. The summed E-state index contributed by atoms with van der Waals surface area (Å²) in [5.74, 6) is -0.179. The van der Waals surface area contributed by atoms with Gasteiger partial charge in [-0.3, -0.25) is 9.78 Å². The first-order chi connectivity index (χ1) is 11.1. The van der Waals surface area contributed by atoms with E-state index >= 15 is 0 Å². The summed E-state index contributed by atoms with van der Waals surface area (Å²) in [5.41, 5.74) is 2.11. The minimum atomic E-state index is -0.179. The standard InChI is InChI=1S/C17H21BrN4O/c1-22(2)9-5-8-20-14-10-13(11-19-12-14)17(23)21-16-7-4-3-6-15(16)18/h3-4,6-7,10-12,20H,5,8-9H2,1-2H3,(H,21,23). The average molecular weight is 377 g/mol. The number of para-hydroxylation sites is 1. The Balaban J connectivity index is 1.96. The molecule has 0 radical (unpaired) electrons. The highest BCUT2D eigenvalue weighted by Crippen LogP contribution is 2.22. The van der Waals surface area contributed by atoms with Crippen LogP contribution < -0.4 is 10.6 Å². The molecule has 6 heteroatoms. The van der Waals surface area contributed by atoms with Gasteiger partial charge < -0.3 is 15.5 Å². The van der Waals surface area contributed by atoms with E-state index in [1.54, 1.807) is 12.4 Å². The van der Waals surface area contributed by atoms with Crippen LogP contribution in [0.25, 0.3) is 0 Å². The summed E-state index contributed by atoms with van der Waals surface area (Å²) in [7, 11) is 4.10. The van der Waals surface area contributed by atoms with Crippen molar-refractivity contribution in [3.05, 3.63) is 52.8 Å². The summed E-state index contributed by atoms with van der Waals surface area (Å²) in [6, 6.07) is 9.32. The normalized spacial score (nSPS) is 10.6. The Morgan fingerprint density at radius 3 is 2.78 bits per heavy atom. The molecule has 0 spiro atoms. The van der Waals surface area contributed by atoms with Crippen molar-refractivity contribution in [3.63, 3.8) is 0 Å². The highest BCUT2D eigenvalue weighted by Gasteiger charge is 2.09. The topological polar surface area (TPSA) is 57.3 Å². The van der Waals surface area contributed by atoms with Crippen molar-refractivity contribution in [2.75, 3.05) is 37.8 Å². The number of anilines is 2. The Morgan fingerprint density at radius 2 is 2.04 bits per heavy atom. The number of halogens is 1. The van der Waals surface area contributed by atoms with Crippen molar-refractivity contribution in [2.24, 2.45) is 0 Å². The van der Waals surface area contributed by atoms with Crippen LogP contribution in [-0.4, -0.2) is 43.0 Å². The lowest BCUT2D eigenvalue weighted by molar-refractivity contribution is 0.102. The Bertz CT molecular complexity index is 661. The second kappa shape index (κ2) is 8.64. The number of amides is 1. The molecule has 0 fully saturated rings. The molecule has 23 heavy (non-hydrogen) atoms. The fourth-order valence-corrected chi connectivity index (χ4v) is 2.43. The van der Waals surface area contributed by atoms with Gasteiger partial charge >= 0.3 is 0 Å². The lowest BCUT2D eigenvalue weighted by Crippen LogP contribution is -2.17. The maximum absolute atomic E-state index is 12.3. The van der Waals surface area contributed by atoms with Crippen LogP contribution in [0, 0.1) is 0 Å². The van der Waals surface area contributed by atoms with Gasteiger partial charge in [0.25, 0.3) is 5.91 Å². The van der Waals surface area contributed by atoms with Gasteiger partial charge in [0.2, 0.25) is 0 Å². The van der Waals surface area contributed by atoms with E-state index in [9.17, 15) is 4.79 Å². The number of carbonyl (C=O) groups excluding carboxylic acids is 1. The molecule has 0 atom stereocenters. The van der Waals surface area contributed by atoms with Crippen molar-refractivity contribution in [2.45, 2.75) is 6.42 Å². The minimum Gasteiger partial charge on any atom is -0.384 e. The number of hydrogen-bond donors (Lipinski definition) is 2. The molecule has 0 aliphatic rings. The van der Waals surface area contributed by atoms with Gasteiger partial charge in [-0.25, -0.2) is 0 Å². The van der Waals surface area contributed by atoms with Crippen LogP contribution in [0.3, 0.4) is 0 Å².